The van der Waals surface area contributed by atoms with Gasteiger partial charge in [-0.15, -0.1) is 0 Å². The number of sulfonamides is 1. The SMILES string of the molecule is O=S(=O)(Nc1nc2ccccc2nc1Nc1cccc(Oc2ccccc2)c1)c1ccccc1. The predicted molar refractivity (Wildman–Crippen MR) is 133 cm³/mol. The highest BCUT2D eigenvalue weighted by Gasteiger charge is 2.19. The summed E-state index contributed by atoms with van der Waals surface area (Å²) in [7, 11) is -3.86. The Hall–Kier alpha value is -4.43. The molecule has 0 saturated heterocycles. The Bertz CT molecular complexity index is 1540. The molecule has 168 valence electrons. The molecular weight excluding hydrogens is 448 g/mol. The van der Waals surface area contributed by atoms with E-state index >= 15 is 0 Å². The van der Waals surface area contributed by atoms with Crippen molar-refractivity contribution in [3.8, 4) is 11.5 Å². The summed E-state index contributed by atoms with van der Waals surface area (Å²) in [6.45, 7) is 0. The Morgan fingerprint density at radius 3 is 1.91 bits per heavy atom. The Labute approximate surface area is 197 Å². The molecule has 1 aromatic heterocycles. The number of para-hydroxylation sites is 3. The average Bonchev–Trinajstić information content (AvgIpc) is 2.86. The summed E-state index contributed by atoms with van der Waals surface area (Å²) in [6.07, 6.45) is 0. The molecule has 0 atom stereocenters. The molecule has 8 heteroatoms. The van der Waals surface area contributed by atoms with Crippen LogP contribution in [0.1, 0.15) is 0 Å². The monoisotopic (exact) mass is 468 g/mol. The van der Waals surface area contributed by atoms with E-state index in [4.69, 9.17) is 4.74 Å². The number of hydrogen-bond donors (Lipinski definition) is 2. The molecule has 0 amide bonds. The molecule has 0 saturated carbocycles. The van der Waals surface area contributed by atoms with E-state index in [1.807, 2.05) is 66.7 Å². The van der Waals surface area contributed by atoms with Gasteiger partial charge in [-0.2, -0.15) is 0 Å². The zero-order chi connectivity index (χ0) is 23.4. The lowest BCUT2D eigenvalue weighted by Gasteiger charge is -2.14. The second-order valence-corrected chi connectivity index (χ2v) is 9.08. The second-order valence-electron chi connectivity index (χ2n) is 7.40. The van der Waals surface area contributed by atoms with Gasteiger partial charge < -0.3 is 10.1 Å². The fraction of sp³-hybridized carbons (Fsp3) is 0. The maximum atomic E-state index is 13.0. The van der Waals surface area contributed by atoms with E-state index in [0.717, 1.165) is 0 Å². The molecule has 5 aromatic rings. The minimum absolute atomic E-state index is 0.0944. The van der Waals surface area contributed by atoms with Gasteiger partial charge in [0.15, 0.2) is 11.6 Å². The summed E-state index contributed by atoms with van der Waals surface area (Å²) >= 11 is 0. The van der Waals surface area contributed by atoms with Crippen LogP contribution in [0.3, 0.4) is 0 Å². The summed E-state index contributed by atoms with van der Waals surface area (Å²) in [6, 6.07) is 32.2. The number of nitrogens with zero attached hydrogens (tertiary/aromatic N) is 2. The lowest BCUT2D eigenvalue weighted by molar-refractivity contribution is 0.483. The number of anilines is 3. The van der Waals surface area contributed by atoms with Crippen molar-refractivity contribution in [2.45, 2.75) is 4.90 Å². The van der Waals surface area contributed by atoms with Gasteiger partial charge in [0.2, 0.25) is 0 Å². The molecule has 5 rings (SSSR count). The Morgan fingerprint density at radius 2 is 1.21 bits per heavy atom. The van der Waals surface area contributed by atoms with Crippen molar-refractivity contribution in [3.63, 3.8) is 0 Å². The van der Waals surface area contributed by atoms with Crippen molar-refractivity contribution in [1.82, 2.24) is 9.97 Å². The van der Waals surface area contributed by atoms with E-state index < -0.39 is 10.0 Å². The fourth-order valence-corrected chi connectivity index (χ4v) is 4.37. The lowest BCUT2D eigenvalue weighted by atomic mass is 10.3. The molecule has 2 N–H and O–H groups in total. The molecule has 1 heterocycles. The maximum Gasteiger partial charge on any atom is 0.263 e. The maximum absolute atomic E-state index is 13.0. The Morgan fingerprint density at radius 1 is 0.618 bits per heavy atom. The largest absolute Gasteiger partial charge is 0.457 e. The van der Waals surface area contributed by atoms with Crippen molar-refractivity contribution in [2.75, 3.05) is 10.0 Å². The first-order chi connectivity index (χ1) is 16.6. The number of hydrogen-bond acceptors (Lipinski definition) is 6. The number of aromatic nitrogens is 2. The molecule has 0 aliphatic rings. The van der Waals surface area contributed by atoms with Crippen molar-refractivity contribution < 1.29 is 13.2 Å². The average molecular weight is 469 g/mol. The van der Waals surface area contributed by atoms with Gasteiger partial charge in [0.05, 0.1) is 15.9 Å². The van der Waals surface area contributed by atoms with Crippen LogP contribution in [0.25, 0.3) is 11.0 Å². The Balaban J connectivity index is 1.50. The van der Waals surface area contributed by atoms with Gasteiger partial charge in [-0.3, -0.25) is 4.72 Å². The predicted octanol–water partition coefficient (Wildman–Crippen LogP) is 5.97. The molecule has 4 aromatic carbocycles. The molecule has 34 heavy (non-hydrogen) atoms. The van der Waals surface area contributed by atoms with Gasteiger partial charge in [-0.25, -0.2) is 18.4 Å². The van der Waals surface area contributed by atoms with Gasteiger partial charge >= 0.3 is 0 Å². The number of benzene rings is 4. The smallest absolute Gasteiger partial charge is 0.263 e. The van der Waals surface area contributed by atoms with Crippen molar-refractivity contribution in [1.29, 1.82) is 0 Å². The molecule has 0 spiro atoms. The third-order valence-corrected chi connectivity index (χ3v) is 6.29. The van der Waals surface area contributed by atoms with E-state index in [9.17, 15) is 8.42 Å². The molecule has 0 unspecified atom stereocenters. The van der Waals surface area contributed by atoms with Gasteiger partial charge in [0, 0.05) is 11.8 Å². The minimum atomic E-state index is -3.86. The van der Waals surface area contributed by atoms with Crippen molar-refractivity contribution in [2.24, 2.45) is 0 Å². The third-order valence-electron chi connectivity index (χ3n) is 4.93. The van der Waals surface area contributed by atoms with E-state index in [1.165, 1.54) is 12.1 Å². The van der Waals surface area contributed by atoms with Crippen LogP contribution in [0, 0.1) is 0 Å². The normalized spacial score (nSPS) is 11.2. The number of ether oxygens (including phenoxy) is 1. The van der Waals surface area contributed by atoms with E-state index in [-0.39, 0.29) is 16.5 Å². The number of rotatable bonds is 7. The Kier molecular flexibility index (Phi) is 5.80. The summed E-state index contributed by atoms with van der Waals surface area (Å²) in [5.74, 6) is 1.70. The first-order valence-corrected chi connectivity index (χ1v) is 12.0. The van der Waals surface area contributed by atoms with Crippen LogP contribution in [0.15, 0.2) is 114 Å². The van der Waals surface area contributed by atoms with E-state index in [1.54, 1.807) is 30.3 Å². The lowest BCUT2D eigenvalue weighted by Crippen LogP contribution is -2.16. The highest BCUT2D eigenvalue weighted by molar-refractivity contribution is 7.92. The molecule has 0 bridgehead atoms. The summed E-state index contributed by atoms with van der Waals surface area (Å²) < 4.78 is 34.4. The number of fused-ring (bicyclic) bond motifs is 1. The van der Waals surface area contributed by atoms with Gasteiger partial charge in [0.25, 0.3) is 10.0 Å². The first-order valence-electron chi connectivity index (χ1n) is 10.5. The molecule has 7 nitrogen and oxygen atoms in total. The van der Waals surface area contributed by atoms with E-state index in [0.29, 0.717) is 28.2 Å². The van der Waals surface area contributed by atoms with Crippen LogP contribution < -0.4 is 14.8 Å². The summed E-state index contributed by atoms with van der Waals surface area (Å²) in [5, 5.41) is 3.18. The molecule has 0 aliphatic heterocycles. The molecule has 0 radical (unpaired) electrons. The highest BCUT2D eigenvalue weighted by atomic mass is 32.2. The standard InChI is InChI=1S/C26H20N4O3S/c31-34(32,22-14-5-2-6-15-22)30-26-25(28-23-16-7-8-17-24(23)29-26)27-19-10-9-13-21(18-19)33-20-11-3-1-4-12-20/h1-18H,(H,27,28)(H,29,30). The van der Waals surface area contributed by atoms with Crippen molar-refractivity contribution >= 4 is 38.4 Å². The molecule has 0 fully saturated rings. The zero-order valence-electron chi connectivity index (χ0n) is 17.9. The molecule has 0 aliphatic carbocycles. The number of nitrogens with one attached hydrogen (secondary N) is 2. The van der Waals surface area contributed by atoms with Gasteiger partial charge in [-0.05, 0) is 48.5 Å². The van der Waals surface area contributed by atoms with Crippen LogP contribution >= 0.6 is 0 Å². The van der Waals surface area contributed by atoms with Crippen LogP contribution in [0.2, 0.25) is 0 Å². The van der Waals surface area contributed by atoms with Crippen LogP contribution in [0.4, 0.5) is 17.3 Å². The second kappa shape index (κ2) is 9.21. The van der Waals surface area contributed by atoms with Gasteiger partial charge in [-0.1, -0.05) is 54.6 Å². The minimum Gasteiger partial charge on any atom is -0.457 e. The molecular formula is C26H20N4O3S. The fourth-order valence-electron chi connectivity index (χ4n) is 3.34. The van der Waals surface area contributed by atoms with Crippen LogP contribution in [-0.2, 0) is 10.0 Å². The van der Waals surface area contributed by atoms with Crippen LogP contribution in [-0.4, -0.2) is 18.4 Å². The van der Waals surface area contributed by atoms with Crippen LogP contribution in [0.5, 0.6) is 11.5 Å². The first kappa shape index (κ1) is 21.4. The zero-order valence-corrected chi connectivity index (χ0v) is 18.7. The topological polar surface area (TPSA) is 93.2 Å². The quantitative estimate of drug-likeness (QED) is 0.306. The van der Waals surface area contributed by atoms with Gasteiger partial charge in [0.1, 0.15) is 11.5 Å². The third kappa shape index (κ3) is 4.82. The van der Waals surface area contributed by atoms with Crippen molar-refractivity contribution in [3.05, 3.63) is 109 Å². The van der Waals surface area contributed by atoms with E-state index in [2.05, 4.69) is 20.0 Å². The summed E-state index contributed by atoms with van der Waals surface area (Å²) in [4.78, 5) is 9.28. The highest BCUT2D eigenvalue weighted by Crippen LogP contribution is 2.29. The summed E-state index contributed by atoms with van der Waals surface area (Å²) in [5.41, 5.74) is 1.86.